The number of rotatable bonds is 7. The summed E-state index contributed by atoms with van der Waals surface area (Å²) in [6, 6.07) is 14.8. The van der Waals surface area contributed by atoms with Crippen molar-refractivity contribution in [2.24, 2.45) is 0 Å². The van der Waals surface area contributed by atoms with Gasteiger partial charge in [0.15, 0.2) is 11.5 Å². The lowest BCUT2D eigenvalue weighted by Crippen LogP contribution is -2.33. The second kappa shape index (κ2) is 11.6. The molecule has 0 spiro atoms. The number of carbonyl (C=O) groups is 2. The summed E-state index contributed by atoms with van der Waals surface area (Å²) in [5.74, 6) is -2.05. The van der Waals surface area contributed by atoms with Crippen molar-refractivity contribution in [3.8, 4) is 11.5 Å². The maximum Gasteiger partial charge on any atom is 0.414 e. The van der Waals surface area contributed by atoms with Crippen molar-refractivity contribution in [2.75, 3.05) is 26.8 Å². The molecule has 0 saturated heterocycles. The van der Waals surface area contributed by atoms with Crippen LogP contribution >= 0.6 is 0 Å². The topological polar surface area (TPSA) is 96.3 Å². The number of hydrogen-bond acceptors (Lipinski definition) is 5. The van der Waals surface area contributed by atoms with Gasteiger partial charge in [-0.3, -0.25) is 4.90 Å². The molecular formula is C23H27NO6. The van der Waals surface area contributed by atoms with Crippen LogP contribution in [0.4, 0.5) is 0 Å². The lowest BCUT2D eigenvalue weighted by molar-refractivity contribution is -0.159. The van der Waals surface area contributed by atoms with Gasteiger partial charge in [-0.05, 0) is 41.7 Å². The predicted molar refractivity (Wildman–Crippen MR) is 113 cm³/mol. The minimum absolute atomic E-state index is 0.666. The van der Waals surface area contributed by atoms with E-state index in [-0.39, 0.29) is 0 Å². The summed E-state index contributed by atoms with van der Waals surface area (Å²) in [7, 11) is 1.68. The Hall–Kier alpha value is -3.32. The zero-order valence-electron chi connectivity index (χ0n) is 17.0. The lowest BCUT2D eigenvalue weighted by atomic mass is 10.0. The lowest BCUT2D eigenvalue weighted by Gasteiger charge is -2.28. The SMILES string of the molecule is C=CCc1ccc(OCCN2CCc3ccccc3C2)c(OC)c1.O=C(O)C(=O)O. The fraction of sp³-hybridized carbons (Fsp3) is 0.304. The van der Waals surface area contributed by atoms with Crippen LogP contribution in [0.2, 0.25) is 0 Å². The highest BCUT2D eigenvalue weighted by molar-refractivity contribution is 6.27. The second-order valence-electron chi connectivity index (χ2n) is 6.73. The van der Waals surface area contributed by atoms with Gasteiger partial charge < -0.3 is 19.7 Å². The molecule has 0 fully saturated rings. The molecular weight excluding hydrogens is 386 g/mol. The number of allylic oxidation sites excluding steroid dienone is 1. The van der Waals surface area contributed by atoms with Crippen molar-refractivity contribution >= 4 is 11.9 Å². The summed E-state index contributed by atoms with van der Waals surface area (Å²) in [5.41, 5.74) is 4.10. The second-order valence-corrected chi connectivity index (χ2v) is 6.73. The summed E-state index contributed by atoms with van der Waals surface area (Å²) in [6.45, 7) is 7.46. The van der Waals surface area contributed by atoms with E-state index >= 15 is 0 Å². The fourth-order valence-electron chi connectivity index (χ4n) is 3.15. The van der Waals surface area contributed by atoms with Crippen molar-refractivity contribution in [2.45, 2.75) is 19.4 Å². The third-order valence-corrected chi connectivity index (χ3v) is 4.67. The highest BCUT2D eigenvalue weighted by Gasteiger charge is 2.15. The summed E-state index contributed by atoms with van der Waals surface area (Å²) in [4.78, 5) is 20.6. The average molecular weight is 413 g/mol. The van der Waals surface area contributed by atoms with E-state index in [1.54, 1.807) is 7.11 Å². The summed E-state index contributed by atoms with van der Waals surface area (Å²) in [6.07, 6.45) is 3.85. The molecule has 0 bridgehead atoms. The van der Waals surface area contributed by atoms with E-state index < -0.39 is 11.9 Å². The van der Waals surface area contributed by atoms with Crippen LogP contribution in [-0.2, 0) is 29.0 Å². The van der Waals surface area contributed by atoms with Gasteiger partial charge in [0.25, 0.3) is 0 Å². The number of nitrogens with zero attached hydrogens (tertiary/aromatic N) is 1. The quantitative estimate of drug-likeness (QED) is 0.532. The van der Waals surface area contributed by atoms with Gasteiger partial charge in [0.1, 0.15) is 6.61 Å². The third-order valence-electron chi connectivity index (χ3n) is 4.67. The Bertz CT molecular complexity index is 868. The number of carboxylic acid groups (broad SMARTS) is 2. The summed E-state index contributed by atoms with van der Waals surface area (Å²) >= 11 is 0. The van der Waals surface area contributed by atoms with E-state index in [0.29, 0.717) is 6.61 Å². The minimum Gasteiger partial charge on any atom is -0.493 e. The molecule has 3 rings (SSSR count). The average Bonchev–Trinajstić information content (AvgIpc) is 2.75. The molecule has 0 atom stereocenters. The van der Waals surface area contributed by atoms with Gasteiger partial charge >= 0.3 is 11.9 Å². The monoisotopic (exact) mass is 413 g/mol. The Morgan fingerprint density at radius 2 is 1.80 bits per heavy atom. The number of benzene rings is 2. The van der Waals surface area contributed by atoms with Gasteiger partial charge in [-0.25, -0.2) is 9.59 Å². The maximum absolute atomic E-state index is 9.10. The van der Waals surface area contributed by atoms with Crippen LogP contribution in [0.15, 0.2) is 55.1 Å². The molecule has 0 radical (unpaired) electrons. The first kappa shape index (κ1) is 23.0. The van der Waals surface area contributed by atoms with Gasteiger partial charge in [-0.15, -0.1) is 6.58 Å². The van der Waals surface area contributed by atoms with E-state index in [9.17, 15) is 0 Å². The van der Waals surface area contributed by atoms with Crippen molar-refractivity contribution in [1.82, 2.24) is 4.90 Å². The summed E-state index contributed by atoms with van der Waals surface area (Å²) < 4.78 is 11.4. The minimum atomic E-state index is -1.82. The van der Waals surface area contributed by atoms with Gasteiger partial charge in [0.2, 0.25) is 0 Å². The van der Waals surface area contributed by atoms with Crippen LogP contribution in [0.1, 0.15) is 16.7 Å². The number of fused-ring (bicyclic) bond motifs is 1. The van der Waals surface area contributed by atoms with E-state index in [4.69, 9.17) is 29.3 Å². The Labute approximate surface area is 176 Å². The molecule has 0 unspecified atom stereocenters. The Morgan fingerprint density at radius 1 is 1.10 bits per heavy atom. The molecule has 2 aromatic carbocycles. The van der Waals surface area contributed by atoms with Gasteiger partial charge in [-0.1, -0.05) is 36.4 Å². The molecule has 0 aromatic heterocycles. The van der Waals surface area contributed by atoms with Crippen LogP contribution in [0.25, 0.3) is 0 Å². The molecule has 7 heteroatoms. The van der Waals surface area contributed by atoms with E-state index in [1.807, 2.05) is 18.2 Å². The molecule has 30 heavy (non-hydrogen) atoms. The van der Waals surface area contributed by atoms with Crippen LogP contribution < -0.4 is 9.47 Å². The number of ether oxygens (including phenoxy) is 2. The standard InChI is InChI=1S/C21H25NO2.C2H2O4/c1-3-6-17-9-10-20(21(15-17)23-2)24-14-13-22-12-11-18-7-4-5-8-19(18)16-22;3-1(4)2(5)6/h3-5,7-10,15H,1,6,11-14,16H2,2H3;(H,3,4)(H,5,6). The van der Waals surface area contributed by atoms with Gasteiger partial charge in [-0.2, -0.15) is 0 Å². The van der Waals surface area contributed by atoms with E-state index in [1.165, 1.54) is 16.7 Å². The van der Waals surface area contributed by atoms with Crippen LogP contribution in [0.5, 0.6) is 11.5 Å². The van der Waals surface area contributed by atoms with Gasteiger partial charge in [0.05, 0.1) is 7.11 Å². The van der Waals surface area contributed by atoms with Crippen molar-refractivity contribution in [3.05, 3.63) is 71.8 Å². The zero-order valence-corrected chi connectivity index (χ0v) is 17.0. The number of methoxy groups -OCH3 is 1. The molecule has 7 nitrogen and oxygen atoms in total. The normalized spacial score (nSPS) is 12.7. The molecule has 2 aromatic rings. The molecule has 0 amide bonds. The molecule has 0 aliphatic carbocycles. The molecule has 0 saturated carbocycles. The van der Waals surface area contributed by atoms with E-state index in [2.05, 4.69) is 41.8 Å². The highest BCUT2D eigenvalue weighted by atomic mass is 16.5. The third kappa shape index (κ3) is 6.93. The summed E-state index contributed by atoms with van der Waals surface area (Å²) in [5, 5.41) is 14.8. The highest BCUT2D eigenvalue weighted by Crippen LogP contribution is 2.28. The van der Waals surface area contributed by atoms with Crippen molar-refractivity contribution in [3.63, 3.8) is 0 Å². The Morgan fingerprint density at radius 3 is 2.43 bits per heavy atom. The van der Waals surface area contributed by atoms with Crippen LogP contribution in [0.3, 0.4) is 0 Å². The van der Waals surface area contributed by atoms with Gasteiger partial charge in [0, 0.05) is 19.6 Å². The first-order valence-corrected chi connectivity index (χ1v) is 9.60. The van der Waals surface area contributed by atoms with Crippen LogP contribution in [-0.4, -0.2) is 53.9 Å². The number of hydrogen-bond donors (Lipinski definition) is 2. The predicted octanol–water partition coefficient (Wildman–Crippen LogP) is 3.02. The molecule has 1 aliphatic heterocycles. The largest absolute Gasteiger partial charge is 0.493 e. The molecule has 1 aliphatic rings. The maximum atomic E-state index is 9.10. The molecule has 1 heterocycles. The van der Waals surface area contributed by atoms with Crippen LogP contribution in [0, 0.1) is 0 Å². The van der Waals surface area contributed by atoms with E-state index in [0.717, 1.165) is 44.0 Å². The Balaban J connectivity index is 0.000000469. The molecule has 160 valence electrons. The van der Waals surface area contributed by atoms with Crippen molar-refractivity contribution in [1.29, 1.82) is 0 Å². The smallest absolute Gasteiger partial charge is 0.414 e. The first-order valence-electron chi connectivity index (χ1n) is 9.60. The Kier molecular flexibility index (Phi) is 8.90. The van der Waals surface area contributed by atoms with Crippen molar-refractivity contribution < 1.29 is 29.3 Å². The first-order chi connectivity index (χ1) is 14.4. The fourth-order valence-corrected chi connectivity index (χ4v) is 3.15. The number of aliphatic carboxylic acids is 2. The number of carboxylic acids is 2. The zero-order chi connectivity index (χ0) is 21.9. The molecule has 2 N–H and O–H groups in total.